The third kappa shape index (κ3) is 7.40. The molecule has 1 heterocycles. The molecule has 0 aliphatic rings. The molecule has 0 saturated heterocycles. The Bertz CT molecular complexity index is 521. The number of aromatic nitrogens is 2. The van der Waals surface area contributed by atoms with Crippen LogP contribution < -0.4 is 10.6 Å². The van der Waals surface area contributed by atoms with Crippen molar-refractivity contribution in [2.45, 2.75) is 65.4 Å². The highest BCUT2D eigenvalue weighted by Crippen LogP contribution is 2.27. The number of rotatable bonds is 7. The molecule has 2 amide bonds. The molecule has 0 saturated carbocycles. The molecule has 2 N–H and O–H groups in total. The van der Waals surface area contributed by atoms with Crippen LogP contribution in [0, 0.1) is 0 Å². The SMILES string of the molecule is CCC(CC)c1nnc(NC(=O)CCNC(=O)OC(C)(C)C)s1. The maximum atomic E-state index is 11.8. The van der Waals surface area contributed by atoms with Gasteiger partial charge in [-0.15, -0.1) is 10.2 Å². The minimum atomic E-state index is -0.551. The average molecular weight is 342 g/mol. The van der Waals surface area contributed by atoms with Crippen LogP contribution in [0.15, 0.2) is 0 Å². The van der Waals surface area contributed by atoms with Crippen LogP contribution in [-0.4, -0.2) is 34.3 Å². The third-order valence-electron chi connectivity index (χ3n) is 3.04. The van der Waals surface area contributed by atoms with Gasteiger partial charge >= 0.3 is 6.09 Å². The number of nitrogens with one attached hydrogen (secondary N) is 2. The Balaban J connectivity index is 2.36. The number of ether oxygens (including phenoxy) is 1. The Kier molecular flexibility index (Phi) is 7.41. The van der Waals surface area contributed by atoms with Crippen LogP contribution >= 0.6 is 11.3 Å². The Morgan fingerprint density at radius 2 is 1.87 bits per heavy atom. The van der Waals surface area contributed by atoms with Gasteiger partial charge in [-0.05, 0) is 33.6 Å². The first-order chi connectivity index (χ1) is 10.7. The van der Waals surface area contributed by atoms with Gasteiger partial charge < -0.3 is 15.4 Å². The predicted molar refractivity (Wildman–Crippen MR) is 90.7 cm³/mol. The monoisotopic (exact) mass is 342 g/mol. The summed E-state index contributed by atoms with van der Waals surface area (Å²) in [7, 11) is 0. The van der Waals surface area contributed by atoms with Crippen LogP contribution in [-0.2, 0) is 9.53 Å². The summed E-state index contributed by atoms with van der Waals surface area (Å²) in [6.07, 6.45) is 1.62. The van der Waals surface area contributed by atoms with Gasteiger partial charge in [0.2, 0.25) is 11.0 Å². The van der Waals surface area contributed by atoms with Gasteiger partial charge in [0.1, 0.15) is 10.6 Å². The lowest BCUT2D eigenvalue weighted by Gasteiger charge is -2.19. The van der Waals surface area contributed by atoms with E-state index in [9.17, 15) is 9.59 Å². The van der Waals surface area contributed by atoms with E-state index in [1.54, 1.807) is 20.8 Å². The van der Waals surface area contributed by atoms with E-state index in [0.717, 1.165) is 17.8 Å². The molecule has 7 nitrogen and oxygen atoms in total. The lowest BCUT2D eigenvalue weighted by Crippen LogP contribution is -2.34. The highest BCUT2D eigenvalue weighted by atomic mass is 32.1. The van der Waals surface area contributed by atoms with Gasteiger partial charge in [0.25, 0.3) is 0 Å². The fourth-order valence-corrected chi connectivity index (χ4v) is 2.89. The van der Waals surface area contributed by atoms with Gasteiger partial charge in [0, 0.05) is 18.9 Å². The fraction of sp³-hybridized carbons (Fsp3) is 0.733. The second kappa shape index (κ2) is 8.81. The molecule has 0 radical (unpaired) electrons. The molecular weight excluding hydrogens is 316 g/mol. The van der Waals surface area contributed by atoms with E-state index in [0.29, 0.717) is 11.0 Å². The molecule has 1 aromatic heterocycles. The van der Waals surface area contributed by atoms with Crippen molar-refractivity contribution in [3.63, 3.8) is 0 Å². The number of carbonyl (C=O) groups is 2. The van der Waals surface area contributed by atoms with Gasteiger partial charge in [-0.1, -0.05) is 25.2 Å². The van der Waals surface area contributed by atoms with Crippen molar-refractivity contribution in [2.75, 3.05) is 11.9 Å². The molecule has 130 valence electrons. The van der Waals surface area contributed by atoms with Gasteiger partial charge in [0.05, 0.1) is 0 Å². The number of amides is 2. The van der Waals surface area contributed by atoms with Gasteiger partial charge in [-0.3, -0.25) is 4.79 Å². The first-order valence-corrected chi connectivity index (χ1v) is 8.66. The molecular formula is C15H26N4O3S. The zero-order chi connectivity index (χ0) is 17.5. The molecule has 0 unspecified atom stereocenters. The Labute approximate surface area is 141 Å². The lowest BCUT2D eigenvalue weighted by atomic mass is 10.1. The summed E-state index contributed by atoms with van der Waals surface area (Å²) in [5.74, 6) is 0.167. The summed E-state index contributed by atoms with van der Waals surface area (Å²) >= 11 is 1.40. The lowest BCUT2D eigenvalue weighted by molar-refractivity contribution is -0.116. The van der Waals surface area contributed by atoms with Crippen molar-refractivity contribution < 1.29 is 14.3 Å². The summed E-state index contributed by atoms with van der Waals surface area (Å²) in [5.41, 5.74) is -0.551. The van der Waals surface area contributed by atoms with Gasteiger partial charge in [-0.2, -0.15) is 0 Å². The highest BCUT2D eigenvalue weighted by Gasteiger charge is 2.17. The molecule has 0 spiro atoms. The summed E-state index contributed by atoms with van der Waals surface area (Å²) in [5, 5.41) is 14.8. The first-order valence-electron chi connectivity index (χ1n) is 7.85. The molecule has 0 bridgehead atoms. The first kappa shape index (κ1) is 19.3. The van der Waals surface area contributed by atoms with E-state index in [-0.39, 0.29) is 18.9 Å². The summed E-state index contributed by atoms with van der Waals surface area (Å²) in [6.45, 7) is 9.77. The Hall–Kier alpha value is -1.70. The van der Waals surface area contributed by atoms with E-state index < -0.39 is 11.7 Å². The zero-order valence-electron chi connectivity index (χ0n) is 14.4. The highest BCUT2D eigenvalue weighted by molar-refractivity contribution is 7.15. The van der Waals surface area contributed by atoms with Crippen molar-refractivity contribution in [3.8, 4) is 0 Å². The number of nitrogens with zero attached hydrogens (tertiary/aromatic N) is 2. The van der Waals surface area contributed by atoms with Crippen molar-refractivity contribution in [3.05, 3.63) is 5.01 Å². The van der Waals surface area contributed by atoms with Crippen molar-refractivity contribution >= 4 is 28.5 Å². The van der Waals surface area contributed by atoms with Crippen molar-refractivity contribution in [1.29, 1.82) is 0 Å². The van der Waals surface area contributed by atoms with E-state index in [4.69, 9.17) is 4.74 Å². The molecule has 8 heteroatoms. The maximum Gasteiger partial charge on any atom is 0.407 e. The maximum absolute atomic E-state index is 11.8. The summed E-state index contributed by atoms with van der Waals surface area (Å²) in [4.78, 5) is 23.3. The molecule has 0 aliphatic carbocycles. The number of carbonyl (C=O) groups excluding carboxylic acids is 2. The smallest absolute Gasteiger partial charge is 0.407 e. The van der Waals surface area contributed by atoms with Crippen LogP contribution in [0.4, 0.5) is 9.93 Å². The topological polar surface area (TPSA) is 93.2 Å². The number of hydrogen-bond acceptors (Lipinski definition) is 6. The minimum absolute atomic E-state index is 0.152. The predicted octanol–water partition coefficient (Wildman–Crippen LogP) is 3.30. The average Bonchev–Trinajstić information content (AvgIpc) is 2.86. The second-order valence-corrected chi connectivity index (χ2v) is 7.19. The Morgan fingerprint density at radius 1 is 1.22 bits per heavy atom. The summed E-state index contributed by atoms with van der Waals surface area (Å²) < 4.78 is 5.09. The van der Waals surface area contributed by atoms with Crippen LogP contribution in [0.1, 0.15) is 64.8 Å². The normalized spacial score (nSPS) is 11.4. The molecule has 1 aromatic rings. The van der Waals surface area contributed by atoms with Crippen molar-refractivity contribution in [2.24, 2.45) is 0 Å². The quantitative estimate of drug-likeness (QED) is 0.793. The molecule has 0 atom stereocenters. The van der Waals surface area contributed by atoms with Crippen LogP contribution in [0.3, 0.4) is 0 Å². The zero-order valence-corrected chi connectivity index (χ0v) is 15.2. The van der Waals surface area contributed by atoms with Gasteiger partial charge in [-0.25, -0.2) is 4.79 Å². The molecule has 1 rings (SSSR count). The Morgan fingerprint density at radius 3 is 2.43 bits per heavy atom. The second-order valence-electron chi connectivity index (χ2n) is 6.19. The fourth-order valence-electron chi connectivity index (χ4n) is 1.86. The van der Waals surface area contributed by atoms with Crippen LogP contribution in [0.2, 0.25) is 0 Å². The van der Waals surface area contributed by atoms with E-state index in [1.165, 1.54) is 11.3 Å². The van der Waals surface area contributed by atoms with Gasteiger partial charge in [0.15, 0.2) is 0 Å². The number of anilines is 1. The van der Waals surface area contributed by atoms with Crippen LogP contribution in [0.5, 0.6) is 0 Å². The molecule has 0 aliphatic heterocycles. The number of alkyl carbamates (subject to hydrolysis) is 1. The minimum Gasteiger partial charge on any atom is -0.444 e. The number of hydrogen-bond donors (Lipinski definition) is 2. The van der Waals surface area contributed by atoms with Crippen molar-refractivity contribution in [1.82, 2.24) is 15.5 Å². The van der Waals surface area contributed by atoms with Crippen LogP contribution in [0.25, 0.3) is 0 Å². The molecule has 0 fully saturated rings. The standard InChI is InChI=1S/C15H26N4O3S/c1-6-10(7-2)12-18-19-13(23-12)17-11(20)8-9-16-14(21)22-15(3,4)5/h10H,6-9H2,1-5H3,(H,16,21)(H,17,19,20). The van der Waals surface area contributed by atoms with E-state index >= 15 is 0 Å². The largest absolute Gasteiger partial charge is 0.444 e. The molecule has 23 heavy (non-hydrogen) atoms. The van der Waals surface area contributed by atoms with E-state index in [1.807, 2.05) is 0 Å². The molecule has 0 aromatic carbocycles. The van der Waals surface area contributed by atoms with E-state index in [2.05, 4.69) is 34.7 Å². The summed E-state index contributed by atoms with van der Waals surface area (Å²) in [6, 6.07) is 0. The third-order valence-corrected chi connectivity index (χ3v) is 4.04.